The third-order valence-corrected chi connectivity index (χ3v) is 5.33. The van der Waals surface area contributed by atoms with Gasteiger partial charge in [0, 0.05) is 12.6 Å². The van der Waals surface area contributed by atoms with Crippen molar-refractivity contribution in [3.63, 3.8) is 0 Å². The van der Waals surface area contributed by atoms with Crippen LogP contribution in [0.2, 0.25) is 0 Å². The minimum absolute atomic E-state index is 0.0417. The number of β-amino-alcohol motifs (C(OH)–C–C–N with tert-alkyl or cyclic N) is 1. The van der Waals surface area contributed by atoms with E-state index in [2.05, 4.69) is 10.3 Å². The van der Waals surface area contributed by atoms with Gasteiger partial charge in [0.25, 0.3) is 0 Å². The Balaban J connectivity index is 1.58. The van der Waals surface area contributed by atoms with Gasteiger partial charge in [-0.25, -0.2) is 4.68 Å². The molecule has 25 heavy (non-hydrogen) atoms. The van der Waals surface area contributed by atoms with Gasteiger partial charge >= 0.3 is 0 Å². The van der Waals surface area contributed by atoms with E-state index in [4.69, 9.17) is 4.74 Å². The Morgan fingerprint density at radius 1 is 1.36 bits per heavy atom. The van der Waals surface area contributed by atoms with Gasteiger partial charge in [0.2, 0.25) is 5.91 Å². The van der Waals surface area contributed by atoms with Crippen molar-refractivity contribution in [1.29, 1.82) is 0 Å². The second-order valence-electron chi connectivity index (χ2n) is 7.70. The molecule has 0 spiro atoms. The highest BCUT2D eigenvalue weighted by atomic mass is 16.5. The lowest BCUT2D eigenvalue weighted by Gasteiger charge is -2.38. The summed E-state index contributed by atoms with van der Waals surface area (Å²) in [6, 6.07) is 0.190. The first-order valence-corrected chi connectivity index (χ1v) is 9.52. The van der Waals surface area contributed by atoms with Crippen molar-refractivity contribution >= 4 is 5.91 Å². The predicted molar refractivity (Wildman–Crippen MR) is 92.9 cm³/mol. The van der Waals surface area contributed by atoms with E-state index in [1.54, 1.807) is 15.8 Å². The second-order valence-corrected chi connectivity index (χ2v) is 7.70. The monoisotopic (exact) mass is 350 g/mol. The molecule has 0 aromatic carbocycles. The summed E-state index contributed by atoms with van der Waals surface area (Å²) in [4.78, 5) is 14.2. The van der Waals surface area contributed by atoms with Crippen molar-refractivity contribution in [3.05, 3.63) is 11.9 Å². The Morgan fingerprint density at radius 3 is 2.80 bits per heavy atom. The van der Waals surface area contributed by atoms with Gasteiger partial charge in [0.05, 0.1) is 18.8 Å². The van der Waals surface area contributed by atoms with E-state index in [0.29, 0.717) is 18.7 Å². The molecule has 1 N–H and O–H groups in total. The summed E-state index contributed by atoms with van der Waals surface area (Å²) in [5, 5.41) is 19.2. The Hall–Kier alpha value is -1.47. The highest BCUT2D eigenvalue weighted by molar-refractivity contribution is 5.77. The molecule has 1 aromatic rings. The van der Waals surface area contributed by atoms with Crippen LogP contribution in [-0.2, 0) is 15.1 Å². The number of hydrogen-bond donors (Lipinski definition) is 1. The van der Waals surface area contributed by atoms with E-state index < -0.39 is 5.60 Å². The summed E-state index contributed by atoms with van der Waals surface area (Å²) in [7, 11) is 0. The maximum Gasteiger partial charge on any atom is 0.248 e. The highest BCUT2D eigenvalue weighted by Crippen LogP contribution is 2.30. The number of aromatic nitrogens is 3. The molecule has 0 bridgehead atoms. The smallest absolute Gasteiger partial charge is 0.248 e. The first kappa shape index (κ1) is 18.3. The van der Waals surface area contributed by atoms with Crippen LogP contribution in [0.3, 0.4) is 0 Å². The van der Waals surface area contributed by atoms with Crippen LogP contribution in [0.15, 0.2) is 6.20 Å². The number of aliphatic hydroxyl groups is 1. The van der Waals surface area contributed by atoms with Crippen LogP contribution in [0.25, 0.3) is 0 Å². The van der Waals surface area contributed by atoms with Crippen LogP contribution in [0, 0.1) is 0 Å². The molecule has 2 heterocycles. The molecular weight excluding hydrogens is 320 g/mol. The van der Waals surface area contributed by atoms with Gasteiger partial charge in [-0.3, -0.25) is 4.79 Å². The Kier molecular flexibility index (Phi) is 5.74. The summed E-state index contributed by atoms with van der Waals surface area (Å²) in [6.07, 6.45) is 9.10. The van der Waals surface area contributed by atoms with Crippen molar-refractivity contribution in [2.24, 2.45) is 0 Å². The quantitative estimate of drug-likeness (QED) is 0.879. The number of carbonyl (C=O) groups is 1. The lowest BCUT2D eigenvalue weighted by atomic mass is 9.90. The average Bonchev–Trinajstić information content (AvgIpc) is 3.12. The minimum Gasteiger partial charge on any atom is -0.382 e. The van der Waals surface area contributed by atoms with Gasteiger partial charge in [-0.05, 0) is 39.5 Å². The van der Waals surface area contributed by atoms with Crippen LogP contribution in [0.1, 0.15) is 70.5 Å². The summed E-state index contributed by atoms with van der Waals surface area (Å²) >= 11 is 0. The fraction of sp³-hybridized carbons (Fsp3) is 0.833. The third kappa shape index (κ3) is 4.39. The highest BCUT2D eigenvalue weighted by Gasteiger charge is 2.39. The maximum absolute atomic E-state index is 12.5. The zero-order valence-corrected chi connectivity index (χ0v) is 15.4. The van der Waals surface area contributed by atoms with Gasteiger partial charge in [-0.2, -0.15) is 0 Å². The summed E-state index contributed by atoms with van der Waals surface area (Å²) in [5.74, 6) is -0.0417. The average molecular weight is 350 g/mol. The number of carbonyl (C=O) groups excluding carboxylic acids is 1. The molecule has 7 heteroatoms. The molecule has 1 saturated heterocycles. The molecule has 0 unspecified atom stereocenters. The number of likely N-dealkylation sites (tertiary alicyclic amines) is 1. The van der Waals surface area contributed by atoms with Crippen molar-refractivity contribution in [2.75, 3.05) is 19.7 Å². The number of nitrogens with zero attached hydrogens (tertiary/aromatic N) is 4. The topological polar surface area (TPSA) is 80.5 Å². The largest absolute Gasteiger partial charge is 0.382 e. The summed E-state index contributed by atoms with van der Waals surface area (Å²) in [5.41, 5.74) is -0.571. The van der Waals surface area contributed by atoms with Crippen molar-refractivity contribution < 1.29 is 14.6 Å². The molecule has 1 aliphatic heterocycles. The molecule has 2 fully saturated rings. The van der Waals surface area contributed by atoms with E-state index in [9.17, 15) is 9.90 Å². The van der Waals surface area contributed by atoms with Crippen molar-refractivity contribution in [2.45, 2.75) is 76.5 Å². The van der Waals surface area contributed by atoms with Crippen LogP contribution in [-0.4, -0.2) is 56.7 Å². The van der Waals surface area contributed by atoms with Crippen molar-refractivity contribution in [3.8, 4) is 0 Å². The molecule has 2 aliphatic rings. The Labute approximate surface area is 149 Å². The summed E-state index contributed by atoms with van der Waals surface area (Å²) < 4.78 is 7.54. The molecule has 0 radical (unpaired) electrons. The minimum atomic E-state index is -1.12. The van der Waals surface area contributed by atoms with E-state index in [1.165, 1.54) is 19.3 Å². The van der Waals surface area contributed by atoms with Gasteiger partial charge in [0.15, 0.2) is 0 Å². The van der Waals surface area contributed by atoms with E-state index >= 15 is 0 Å². The number of amides is 1. The molecule has 7 nitrogen and oxygen atoms in total. The van der Waals surface area contributed by atoms with Crippen LogP contribution in [0.4, 0.5) is 0 Å². The fourth-order valence-corrected chi connectivity index (χ4v) is 3.71. The Bertz CT molecular complexity index is 583. The van der Waals surface area contributed by atoms with E-state index in [0.717, 1.165) is 19.3 Å². The fourth-order valence-electron chi connectivity index (χ4n) is 3.71. The first-order valence-electron chi connectivity index (χ1n) is 9.52. The van der Waals surface area contributed by atoms with E-state index in [1.807, 2.05) is 13.8 Å². The first-order chi connectivity index (χ1) is 12.0. The molecule has 1 aliphatic carbocycles. The lowest BCUT2D eigenvalue weighted by Crippen LogP contribution is -2.50. The van der Waals surface area contributed by atoms with Gasteiger partial charge in [-0.15, -0.1) is 5.10 Å². The zero-order valence-electron chi connectivity index (χ0n) is 15.4. The molecule has 1 saturated carbocycles. The number of rotatable bonds is 5. The molecule has 1 aromatic heterocycles. The molecule has 1 amide bonds. The van der Waals surface area contributed by atoms with Crippen LogP contribution >= 0.6 is 0 Å². The molecule has 140 valence electrons. The van der Waals surface area contributed by atoms with Crippen LogP contribution < -0.4 is 0 Å². The molecule has 1 atom stereocenters. The standard InChI is InChI=1S/C18H30N4O3/c1-14(2)22-11-16(19-20-22)18(24)9-6-10-21(13-18)17(23)12-25-15-7-4-3-5-8-15/h11,14-15,24H,3-10,12-13H2,1-2H3/t18-/m1/s1. The SMILES string of the molecule is CC(C)n1cc([C@@]2(O)CCCN(C(=O)COC3CCCCC3)C2)nn1. The van der Waals surface area contributed by atoms with Gasteiger partial charge in [0.1, 0.15) is 17.9 Å². The number of piperidine rings is 1. The van der Waals surface area contributed by atoms with Crippen LogP contribution in [0.5, 0.6) is 0 Å². The normalized spacial score (nSPS) is 25.5. The second kappa shape index (κ2) is 7.83. The predicted octanol–water partition coefficient (Wildman–Crippen LogP) is 2.02. The zero-order chi connectivity index (χ0) is 17.9. The Morgan fingerprint density at radius 2 is 2.12 bits per heavy atom. The summed E-state index contributed by atoms with van der Waals surface area (Å²) in [6.45, 7) is 5.06. The molecule has 3 rings (SSSR count). The van der Waals surface area contributed by atoms with E-state index in [-0.39, 0.29) is 31.2 Å². The number of ether oxygens (including phenoxy) is 1. The number of hydrogen-bond acceptors (Lipinski definition) is 5. The van der Waals surface area contributed by atoms with Gasteiger partial charge < -0.3 is 14.7 Å². The van der Waals surface area contributed by atoms with Gasteiger partial charge in [-0.1, -0.05) is 24.5 Å². The maximum atomic E-state index is 12.5. The third-order valence-electron chi connectivity index (χ3n) is 5.33. The molecular formula is C18H30N4O3. The lowest BCUT2D eigenvalue weighted by molar-refractivity contribution is -0.146. The van der Waals surface area contributed by atoms with Crippen molar-refractivity contribution in [1.82, 2.24) is 19.9 Å².